The molecule has 2 aliphatic rings. The van der Waals surface area contributed by atoms with Gasteiger partial charge in [0.2, 0.25) is 0 Å². The topological polar surface area (TPSA) is 65.1 Å². The van der Waals surface area contributed by atoms with Crippen molar-refractivity contribution in [2.24, 2.45) is 5.41 Å². The quantitative estimate of drug-likeness (QED) is 0.853. The number of likely N-dealkylation sites (tertiary alicyclic amines) is 2. The van der Waals surface area contributed by atoms with Gasteiger partial charge in [-0.15, -0.1) is 0 Å². The Morgan fingerprint density at radius 2 is 1.90 bits per heavy atom. The van der Waals surface area contributed by atoms with Crippen LogP contribution in [0.4, 0.5) is 0 Å². The lowest BCUT2D eigenvalue weighted by atomic mass is 9.72. The minimum Gasteiger partial charge on any atom is -0.337 e. The van der Waals surface area contributed by atoms with E-state index < -0.39 is 0 Å². The molecular weight excluding hydrogens is 266 g/mol. The van der Waals surface area contributed by atoms with E-state index in [1.54, 1.807) is 0 Å². The zero-order valence-electron chi connectivity index (χ0n) is 12.2. The Bertz CT molecular complexity index is 678. The lowest BCUT2D eigenvalue weighted by Gasteiger charge is -2.53. The Morgan fingerprint density at radius 3 is 2.67 bits per heavy atom. The Morgan fingerprint density at radius 1 is 1.19 bits per heavy atom. The van der Waals surface area contributed by atoms with E-state index in [0.29, 0.717) is 11.0 Å². The number of fused-ring (bicyclic) bond motifs is 1. The molecule has 0 atom stereocenters. The van der Waals surface area contributed by atoms with Gasteiger partial charge < -0.3 is 9.80 Å². The molecule has 2 aromatic rings. The average molecular weight is 285 g/mol. The number of piperidine rings is 1. The molecule has 1 amide bonds. The van der Waals surface area contributed by atoms with Crippen molar-refractivity contribution in [1.29, 1.82) is 0 Å². The molecule has 110 valence electrons. The van der Waals surface area contributed by atoms with Gasteiger partial charge in [0.1, 0.15) is 11.0 Å². The van der Waals surface area contributed by atoms with Crippen molar-refractivity contribution in [1.82, 2.24) is 25.2 Å². The van der Waals surface area contributed by atoms with Crippen molar-refractivity contribution in [3.63, 3.8) is 0 Å². The predicted octanol–water partition coefficient (Wildman–Crippen LogP) is 1.13. The van der Waals surface area contributed by atoms with Gasteiger partial charge in [-0.1, -0.05) is 0 Å². The Labute approximate surface area is 123 Å². The first-order valence-electron chi connectivity index (χ1n) is 7.44. The molecule has 1 spiro atoms. The summed E-state index contributed by atoms with van der Waals surface area (Å²) in [5, 5.41) is 10.6. The summed E-state index contributed by atoms with van der Waals surface area (Å²) in [6.45, 7) is 4.09. The molecule has 0 unspecified atom stereocenters. The molecule has 0 radical (unpaired) electrons. The number of aromatic nitrogens is 3. The third kappa shape index (κ3) is 2.10. The molecule has 2 saturated heterocycles. The molecular formula is C15H19N5O. The fraction of sp³-hybridized carbons (Fsp3) is 0.533. The van der Waals surface area contributed by atoms with E-state index in [-0.39, 0.29) is 5.91 Å². The minimum atomic E-state index is 0.115. The first-order chi connectivity index (χ1) is 10.2. The van der Waals surface area contributed by atoms with Crippen LogP contribution in [0.25, 0.3) is 11.0 Å². The summed E-state index contributed by atoms with van der Waals surface area (Å²) >= 11 is 0. The zero-order valence-corrected chi connectivity index (χ0v) is 12.2. The molecule has 4 rings (SSSR count). The lowest BCUT2D eigenvalue weighted by Crippen LogP contribution is -2.61. The smallest absolute Gasteiger partial charge is 0.253 e. The normalized spacial score (nSPS) is 21.7. The summed E-state index contributed by atoms with van der Waals surface area (Å²) in [7, 11) is 2.17. The van der Waals surface area contributed by atoms with Gasteiger partial charge in [0.15, 0.2) is 0 Å². The maximum absolute atomic E-state index is 12.5. The van der Waals surface area contributed by atoms with E-state index in [1.165, 1.54) is 12.8 Å². The van der Waals surface area contributed by atoms with Gasteiger partial charge in [0, 0.05) is 24.1 Å². The monoisotopic (exact) mass is 285 g/mol. The summed E-state index contributed by atoms with van der Waals surface area (Å²) < 4.78 is 0. The van der Waals surface area contributed by atoms with E-state index in [1.807, 2.05) is 23.1 Å². The van der Waals surface area contributed by atoms with Crippen molar-refractivity contribution in [3.05, 3.63) is 23.8 Å². The maximum Gasteiger partial charge on any atom is 0.253 e. The first kappa shape index (κ1) is 12.8. The number of carbonyl (C=O) groups is 1. The highest BCUT2D eigenvalue weighted by molar-refractivity contribution is 5.97. The molecule has 2 aliphatic heterocycles. The van der Waals surface area contributed by atoms with Gasteiger partial charge >= 0.3 is 0 Å². The first-order valence-corrected chi connectivity index (χ1v) is 7.44. The van der Waals surface area contributed by atoms with E-state index in [2.05, 4.69) is 27.4 Å². The number of nitrogens with one attached hydrogen (secondary N) is 1. The van der Waals surface area contributed by atoms with Gasteiger partial charge in [-0.2, -0.15) is 15.4 Å². The number of amides is 1. The van der Waals surface area contributed by atoms with Crippen LogP contribution in [0.2, 0.25) is 0 Å². The van der Waals surface area contributed by atoms with Crippen molar-refractivity contribution >= 4 is 16.9 Å². The predicted molar refractivity (Wildman–Crippen MR) is 79.0 cm³/mol. The number of carbonyl (C=O) groups excluding carboxylic acids is 1. The third-order valence-electron chi connectivity index (χ3n) is 4.95. The molecule has 1 aromatic heterocycles. The lowest BCUT2D eigenvalue weighted by molar-refractivity contribution is -0.0283. The fourth-order valence-electron chi connectivity index (χ4n) is 3.47. The van der Waals surface area contributed by atoms with Crippen LogP contribution in [-0.2, 0) is 0 Å². The molecule has 1 N–H and O–H groups in total. The number of benzene rings is 1. The highest BCUT2D eigenvalue weighted by Gasteiger charge is 2.46. The SMILES string of the molecule is CN1CCC2(CC1)CN(C(=O)c1ccc3n[nH]nc3c1)C2. The molecule has 1 aromatic carbocycles. The van der Waals surface area contributed by atoms with Crippen LogP contribution in [0.1, 0.15) is 23.2 Å². The molecule has 0 saturated carbocycles. The average Bonchev–Trinajstić information content (AvgIpc) is 2.92. The zero-order chi connectivity index (χ0) is 14.4. The van der Waals surface area contributed by atoms with Crippen LogP contribution in [0, 0.1) is 5.41 Å². The highest BCUT2D eigenvalue weighted by Crippen LogP contribution is 2.40. The number of hydrogen-bond acceptors (Lipinski definition) is 4. The molecule has 0 aliphatic carbocycles. The van der Waals surface area contributed by atoms with Gasteiger partial charge in [0.05, 0.1) is 0 Å². The summed E-state index contributed by atoms with van der Waals surface area (Å²) in [6.07, 6.45) is 2.41. The second-order valence-corrected chi connectivity index (χ2v) is 6.49. The molecule has 6 nitrogen and oxygen atoms in total. The molecule has 21 heavy (non-hydrogen) atoms. The maximum atomic E-state index is 12.5. The molecule has 2 fully saturated rings. The Hall–Kier alpha value is -1.95. The van der Waals surface area contributed by atoms with Crippen molar-refractivity contribution < 1.29 is 4.79 Å². The van der Waals surface area contributed by atoms with Crippen LogP contribution in [-0.4, -0.2) is 64.3 Å². The van der Waals surface area contributed by atoms with Crippen LogP contribution in [0.15, 0.2) is 18.2 Å². The largest absolute Gasteiger partial charge is 0.337 e. The molecule has 6 heteroatoms. The summed E-state index contributed by atoms with van der Waals surface area (Å²) in [6, 6.07) is 5.50. The standard InChI is InChI=1S/C15H19N5O/c1-19-6-4-15(5-7-19)9-20(10-15)14(21)11-2-3-12-13(8-11)17-18-16-12/h2-3,8H,4-7,9-10H2,1H3,(H,16,17,18). The van der Waals surface area contributed by atoms with Gasteiger partial charge in [-0.3, -0.25) is 4.79 Å². The third-order valence-corrected chi connectivity index (χ3v) is 4.95. The van der Waals surface area contributed by atoms with Crippen LogP contribution in [0.3, 0.4) is 0 Å². The number of hydrogen-bond donors (Lipinski definition) is 1. The van der Waals surface area contributed by atoms with Gasteiger partial charge in [-0.25, -0.2) is 0 Å². The van der Waals surface area contributed by atoms with Gasteiger partial charge in [0.25, 0.3) is 5.91 Å². The van der Waals surface area contributed by atoms with Crippen LogP contribution >= 0.6 is 0 Å². The Kier molecular flexibility index (Phi) is 2.75. The minimum absolute atomic E-state index is 0.115. The fourth-order valence-corrected chi connectivity index (χ4v) is 3.47. The summed E-state index contributed by atoms with van der Waals surface area (Å²) in [5.74, 6) is 0.115. The number of rotatable bonds is 1. The highest BCUT2D eigenvalue weighted by atomic mass is 16.2. The molecule has 0 bridgehead atoms. The second-order valence-electron chi connectivity index (χ2n) is 6.49. The Balaban J connectivity index is 1.47. The van der Waals surface area contributed by atoms with Crippen LogP contribution in [0.5, 0.6) is 0 Å². The van der Waals surface area contributed by atoms with E-state index in [0.717, 1.165) is 37.2 Å². The van der Waals surface area contributed by atoms with Crippen molar-refractivity contribution in [2.45, 2.75) is 12.8 Å². The van der Waals surface area contributed by atoms with Crippen molar-refractivity contribution in [3.8, 4) is 0 Å². The number of aromatic amines is 1. The number of nitrogens with zero attached hydrogens (tertiary/aromatic N) is 4. The van der Waals surface area contributed by atoms with E-state index in [9.17, 15) is 4.79 Å². The summed E-state index contributed by atoms with van der Waals surface area (Å²) in [5.41, 5.74) is 2.62. The van der Waals surface area contributed by atoms with Crippen LogP contribution < -0.4 is 0 Å². The van der Waals surface area contributed by atoms with E-state index >= 15 is 0 Å². The number of H-pyrrole nitrogens is 1. The van der Waals surface area contributed by atoms with E-state index in [4.69, 9.17) is 0 Å². The van der Waals surface area contributed by atoms with Crippen molar-refractivity contribution in [2.75, 3.05) is 33.2 Å². The summed E-state index contributed by atoms with van der Waals surface area (Å²) in [4.78, 5) is 16.9. The second kappa shape index (κ2) is 4.53. The van der Waals surface area contributed by atoms with Gasteiger partial charge in [-0.05, 0) is 51.2 Å². The molecule has 3 heterocycles.